The first-order valence-corrected chi connectivity index (χ1v) is 7.63. The van der Waals surface area contributed by atoms with E-state index in [0.717, 1.165) is 6.42 Å². The lowest BCUT2D eigenvalue weighted by molar-refractivity contribution is 0.0978. The molecule has 0 aromatic carbocycles. The van der Waals surface area contributed by atoms with Crippen LogP contribution in [0.1, 0.15) is 44.5 Å². The number of hydrogen-bond donors (Lipinski definition) is 4. The average Bonchev–Trinajstić information content (AvgIpc) is 2.88. The Kier molecular flexibility index (Phi) is 4.59. The van der Waals surface area contributed by atoms with Gasteiger partial charge in [0.05, 0.1) is 10.9 Å². The number of nitrogens with one attached hydrogen (secondary N) is 2. The maximum atomic E-state index is 12.6. The van der Waals surface area contributed by atoms with Gasteiger partial charge in [0.2, 0.25) is 0 Å². The molecule has 128 valence electrons. The first kappa shape index (κ1) is 17.5. The second-order valence-electron chi connectivity index (χ2n) is 6.29. The zero-order valence-corrected chi connectivity index (χ0v) is 14.3. The molecule has 2 aromatic rings. The Labute approximate surface area is 140 Å². The summed E-state index contributed by atoms with van der Waals surface area (Å²) in [6, 6.07) is 0. The second kappa shape index (κ2) is 6.31. The van der Waals surface area contributed by atoms with Gasteiger partial charge >= 0.3 is 0 Å². The minimum Gasteiger partial charge on any atom is -0.402 e. The highest BCUT2D eigenvalue weighted by atomic mass is 16.1. The molecule has 2 rings (SSSR count). The zero-order chi connectivity index (χ0) is 18.1. The summed E-state index contributed by atoms with van der Waals surface area (Å²) in [7, 11) is 0. The van der Waals surface area contributed by atoms with Gasteiger partial charge in [0, 0.05) is 17.4 Å². The van der Waals surface area contributed by atoms with Crippen LogP contribution in [0.25, 0.3) is 11.0 Å². The molecule has 0 bridgehead atoms. The number of aromatic nitrogens is 3. The number of carbonyl (C=O) groups excluding carboxylic acids is 1. The number of nitrogens with zero attached hydrogens (tertiary/aromatic N) is 3. The van der Waals surface area contributed by atoms with Gasteiger partial charge in [-0.05, 0) is 33.3 Å². The average molecular weight is 329 g/mol. The summed E-state index contributed by atoms with van der Waals surface area (Å²) in [4.78, 5) is 20.9. The topological polar surface area (TPSA) is 136 Å². The van der Waals surface area contributed by atoms with Crippen LogP contribution in [0.5, 0.6) is 0 Å². The quantitative estimate of drug-likeness (QED) is 0.500. The van der Waals surface area contributed by atoms with Crippen LogP contribution in [0.3, 0.4) is 0 Å². The Morgan fingerprint density at radius 1 is 1.46 bits per heavy atom. The van der Waals surface area contributed by atoms with Crippen molar-refractivity contribution in [2.75, 3.05) is 5.73 Å². The van der Waals surface area contributed by atoms with Gasteiger partial charge in [0.1, 0.15) is 23.6 Å². The van der Waals surface area contributed by atoms with E-state index in [1.54, 1.807) is 13.1 Å². The molecule has 0 aliphatic heterocycles. The lowest BCUT2D eigenvalue weighted by Gasteiger charge is -2.25. The molecule has 0 saturated carbocycles. The summed E-state index contributed by atoms with van der Waals surface area (Å²) in [6.45, 7) is 7.80. The van der Waals surface area contributed by atoms with Crippen molar-refractivity contribution in [3.05, 3.63) is 29.9 Å². The fourth-order valence-electron chi connectivity index (χ4n) is 2.34. The number of amidine groups is 1. The predicted octanol–water partition coefficient (Wildman–Crippen LogP) is 1.73. The van der Waals surface area contributed by atoms with E-state index in [1.807, 2.05) is 4.57 Å². The van der Waals surface area contributed by atoms with Gasteiger partial charge in [-0.3, -0.25) is 10.2 Å². The zero-order valence-electron chi connectivity index (χ0n) is 14.3. The largest absolute Gasteiger partial charge is 0.402 e. The first-order chi connectivity index (χ1) is 11.2. The minimum absolute atomic E-state index is 0.0916. The number of allylic oxidation sites excluding steroid dienone is 1. The van der Waals surface area contributed by atoms with Gasteiger partial charge in [-0.2, -0.15) is 0 Å². The van der Waals surface area contributed by atoms with Crippen LogP contribution in [-0.4, -0.2) is 26.3 Å². The molecule has 2 aromatic heterocycles. The highest BCUT2D eigenvalue weighted by molar-refractivity contribution is 6.16. The molecule has 0 atom stereocenters. The molecule has 0 aliphatic carbocycles. The molecule has 0 saturated heterocycles. The van der Waals surface area contributed by atoms with Crippen molar-refractivity contribution in [2.24, 2.45) is 5.73 Å². The maximum Gasteiger partial charge on any atom is 0.259 e. The predicted molar refractivity (Wildman–Crippen MR) is 94.7 cm³/mol. The summed E-state index contributed by atoms with van der Waals surface area (Å²) >= 11 is 0. The third-order valence-corrected chi connectivity index (χ3v) is 3.99. The Bertz CT molecular complexity index is 828. The Morgan fingerprint density at radius 3 is 2.71 bits per heavy atom. The van der Waals surface area contributed by atoms with Crippen molar-refractivity contribution in [2.45, 2.75) is 39.7 Å². The number of hydrogen-bond acceptors (Lipinski definition) is 6. The van der Waals surface area contributed by atoms with Crippen molar-refractivity contribution in [3.63, 3.8) is 0 Å². The molecular weight excluding hydrogens is 306 g/mol. The molecule has 2 heterocycles. The summed E-state index contributed by atoms with van der Waals surface area (Å²) in [5.74, 6) is -0.311. The van der Waals surface area contributed by atoms with E-state index in [0.29, 0.717) is 22.3 Å². The van der Waals surface area contributed by atoms with Crippen LogP contribution in [0.4, 0.5) is 5.82 Å². The Morgan fingerprint density at radius 2 is 2.12 bits per heavy atom. The van der Waals surface area contributed by atoms with E-state index >= 15 is 0 Å². The van der Waals surface area contributed by atoms with Crippen LogP contribution in [0.2, 0.25) is 0 Å². The van der Waals surface area contributed by atoms with Crippen LogP contribution in [0, 0.1) is 5.41 Å². The van der Waals surface area contributed by atoms with E-state index in [-0.39, 0.29) is 17.2 Å². The number of nitrogen functional groups attached to an aromatic ring is 1. The SMILES string of the molecule is CCC(C)(C)n1cc(C(=O)NC(=N)/C=C(/C)N)c2c(N)ncnc21. The van der Waals surface area contributed by atoms with Crippen LogP contribution in [0.15, 0.2) is 24.3 Å². The molecule has 1 amide bonds. The summed E-state index contributed by atoms with van der Waals surface area (Å²) in [6.07, 6.45) is 5.30. The highest BCUT2D eigenvalue weighted by Crippen LogP contribution is 2.30. The smallest absolute Gasteiger partial charge is 0.259 e. The van der Waals surface area contributed by atoms with Crippen molar-refractivity contribution in [1.29, 1.82) is 5.41 Å². The molecule has 8 heteroatoms. The standard InChI is InChI=1S/C16H23N7O/c1-5-16(3,4)23-7-10(12-13(19)20-8-21-14(12)23)15(24)22-11(18)6-9(2)17/h6-8H,5,17H2,1-4H3,(H2,18,22,24)(H2,19,20,21)/b9-6-. The number of amides is 1. The van der Waals surface area contributed by atoms with Gasteiger partial charge in [0.25, 0.3) is 5.91 Å². The van der Waals surface area contributed by atoms with E-state index in [1.165, 1.54) is 12.4 Å². The molecule has 6 N–H and O–H groups in total. The van der Waals surface area contributed by atoms with Crippen molar-refractivity contribution in [1.82, 2.24) is 19.9 Å². The van der Waals surface area contributed by atoms with Gasteiger partial charge in [0.15, 0.2) is 0 Å². The molecule has 8 nitrogen and oxygen atoms in total. The number of nitrogens with two attached hydrogens (primary N) is 2. The van der Waals surface area contributed by atoms with Crippen LogP contribution >= 0.6 is 0 Å². The third-order valence-electron chi connectivity index (χ3n) is 3.99. The Balaban J connectivity index is 2.57. The fraction of sp³-hybridized carbons (Fsp3) is 0.375. The van der Waals surface area contributed by atoms with Gasteiger partial charge in [-0.1, -0.05) is 6.92 Å². The lowest BCUT2D eigenvalue weighted by atomic mass is 10.0. The molecule has 0 radical (unpaired) electrons. The second-order valence-corrected chi connectivity index (χ2v) is 6.29. The number of carbonyl (C=O) groups is 1. The summed E-state index contributed by atoms with van der Waals surface area (Å²) < 4.78 is 1.92. The minimum atomic E-state index is -0.449. The summed E-state index contributed by atoms with van der Waals surface area (Å²) in [5, 5.41) is 10.7. The maximum absolute atomic E-state index is 12.6. The number of anilines is 1. The normalized spacial score (nSPS) is 12.4. The highest BCUT2D eigenvalue weighted by Gasteiger charge is 2.26. The summed E-state index contributed by atoms with van der Waals surface area (Å²) in [5.41, 5.74) is 12.6. The monoisotopic (exact) mass is 329 g/mol. The van der Waals surface area contributed by atoms with E-state index in [2.05, 4.69) is 36.1 Å². The molecular formula is C16H23N7O. The van der Waals surface area contributed by atoms with E-state index in [4.69, 9.17) is 16.9 Å². The molecule has 0 spiro atoms. The first-order valence-electron chi connectivity index (χ1n) is 7.63. The van der Waals surface area contributed by atoms with E-state index in [9.17, 15) is 4.79 Å². The Hall–Kier alpha value is -2.90. The fourth-order valence-corrected chi connectivity index (χ4v) is 2.34. The molecule has 0 unspecified atom stereocenters. The van der Waals surface area contributed by atoms with Crippen LogP contribution < -0.4 is 16.8 Å². The molecule has 0 aliphatic rings. The molecule has 0 fully saturated rings. The van der Waals surface area contributed by atoms with Gasteiger partial charge < -0.3 is 21.4 Å². The van der Waals surface area contributed by atoms with Crippen molar-refractivity contribution >= 4 is 28.6 Å². The number of fused-ring (bicyclic) bond motifs is 1. The van der Waals surface area contributed by atoms with Crippen molar-refractivity contribution in [3.8, 4) is 0 Å². The lowest BCUT2D eigenvalue weighted by Crippen LogP contribution is -2.29. The van der Waals surface area contributed by atoms with E-state index < -0.39 is 5.91 Å². The molecule has 24 heavy (non-hydrogen) atoms. The van der Waals surface area contributed by atoms with Crippen LogP contribution in [-0.2, 0) is 5.54 Å². The van der Waals surface area contributed by atoms with Gasteiger partial charge in [-0.15, -0.1) is 0 Å². The third kappa shape index (κ3) is 3.22. The number of rotatable bonds is 4. The van der Waals surface area contributed by atoms with Crippen molar-refractivity contribution < 1.29 is 4.79 Å². The van der Waals surface area contributed by atoms with Gasteiger partial charge in [-0.25, -0.2) is 9.97 Å².